The fourth-order valence-electron chi connectivity index (χ4n) is 1.39. The van der Waals surface area contributed by atoms with E-state index in [0.29, 0.717) is 17.8 Å². The summed E-state index contributed by atoms with van der Waals surface area (Å²) in [6.45, 7) is 7.80. The molecule has 1 aromatic rings. The van der Waals surface area contributed by atoms with E-state index in [-0.39, 0.29) is 29.6 Å². The molecule has 0 unspecified atom stereocenters. The summed E-state index contributed by atoms with van der Waals surface area (Å²) in [5, 5.41) is 5.81. The Bertz CT molecular complexity index is 436. The molecule has 0 heterocycles. The standard InChI is InChI=1S/C14H20N2O2.ClH/c1-10(17)16-12-7-5-11(6-8-12)13(18)9-15-14(2,3)4;/h5-8,15H,9H2,1-4H3,(H,16,17);1H. The highest BCUT2D eigenvalue weighted by atomic mass is 35.5. The zero-order valence-corrected chi connectivity index (χ0v) is 12.6. The quantitative estimate of drug-likeness (QED) is 0.836. The maximum atomic E-state index is 11.9. The molecule has 19 heavy (non-hydrogen) atoms. The second-order valence-electron chi connectivity index (χ2n) is 5.29. The first-order valence-electron chi connectivity index (χ1n) is 5.94. The van der Waals surface area contributed by atoms with E-state index in [1.807, 2.05) is 20.8 Å². The molecule has 0 aliphatic rings. The number of hydrogen-bond donors (Lipinski definition) is 2. The Balaban J connectivity index is 0.00000324. The minimum Gasteiger partial charge on any atom is -0.326 e. The second-order valence-corrected chi connectivity index (χ2v) is 5.29. The van der Waals surface area contributed by atoms with Crippen molar-refractivity contribution in [1.82, 2.24) is 5.32 Å². The lowest BCUT2D eigenvalue weighted by Gasteiger charge is -2.19. The van der Waals surface area contributed by atoms with Crippen LogP contribution in [0.3, 0.4) is 0 Å². The summed E-state index contributed by atoms with van der Waals surface area (Å²) in [6, 6.07) is 6.90. The summed E-state index contributed by atoms with van der Waals surface area (Å²) in [7, 11) is 0. The summed E-state index contributed by atoms with van der Waals surface area (Å²) in [4.78, 5) is 22.7. The Kier molecular flexibility index (Phi) is 6.73. The number of rotatable bonds is 4. The van der Waals surface area contributed by atoms with Crippen molar-refractivity contribution in [3.63, 3.8) is 0 Å². The Hall–Kier alpha value is -1.39. The van der Waals surface area contributed by atoms with Crippen LogP contribution in [0.25, 0.3) is 0 Å². The molecule has 0 aliphatic heterocycles. The van der Waals surface area contributed by atoms with Crippen LogP contribution < -0.4 is 10.6 Å². The first-order valence-corrected chi connectivity index (χ1v) is 5.94. The highest BCUT2D eigenvalue weighted by Gasteiger charge is 2.12. The van der Waals surface area contributed by atoms with E-state index in [1.54, 1.807) is 24.3 Å². The summed E-state index contributed by atoms with van der Waals surface area (Å²) >= 11 is 0. The molecule has 4 nitrogen and oxygen atoms in total. The van der Waals surface area contributed by atoms with Gasteiger partial charge >= 0.3 is 0 Å². The normalized spacial score (nSPS) is 10.5. The Morgan fingerprint density at radius 3 is 2.05 bits per heavy atom. The van der Waals surface area contributed by atoms with E-state index in [4.69, 9.17) is 0 Å². The lowest BCUT2D eigenvalue weighted by molar-refractivity contribution is -0.114. The molecule has 0 saturated carbocycles. The van der Waals surface area contributed by atoms with Gasteiger partial charge in [0.05, 0.1) is 6.54 Å². The number of halogens is 1. The summed E-state index contributed by atoms with van der Waals surface area (Å²) in [6.07, 6.45) is 0. The Morgan fingerprint density at radius 2 is 1.63 bits per heavy atom. The number of hydrogen-bond acceptors (Lipinski definition) is 3. The van der Waals surface area contributed by atoms with Crippen molar-refractivity contribution in [2.45, 2.75) is 33.2 Å². The van der Waals surface area contributed by atoms with Crippen molar-refractivity contribution in [2.75, 3.05) is 11.9 Å². The van der Waals surface area contributed by atoms with Crippen molar-refractivity contribution < 1.29 is 9.59 Å². The fourth-order valence-corrected chi connectivity index (χ4v) is 1.39. The molecule has 2 N–H and O–H groups in total. The lowest BCUT2D eigenvalue weighted by atomic mass is 10.1. The third-order valence-electron chi connectivity index (χ3n) is 2.31. The topological polar surface area (TPSA) is 58.2 Å². The molecule has 1 aromatic carbocycles. The molecule has 106 valence electrons. The van der Waals surface area contributed by atoms with Gasteiger partial charge in [0.1, 0.15) is 0 Å². The number of anilines is 1. The number of carbonyl (C=O) groups excluding carboxylic acids is 2. The monoisotopic (exact) mass is 284 g/mol. The fraction of sp³-hybridized carbons (Fsp3) is 0.429. The zero-order chi connectivity index (χ0) is 13.8. The van der Waals surface area contributed by atoms with E-state index in [2.05, 4.69) is 10.6 Å². The lowest BCUT2D eigenvalue weighted by Crippen LogP contribution is -2.39. The van der Waals surface area contributed by atoms with Crippen LogP contribution in [-0.2, 0) is 4.79 Å². The predicted molar refractivity (Wildman–Crippen MR) is 80.1 cm³/mol. The van der Waals surface area contributed by atoms with Crippen molar-refractivity contribution in [2.24, 2.45) is 0 Å². The number of Topliss-reactive ketones (excluding diaryl/α,β-unsaturated/α-hetero) is 1. The number of ketones is 1. The largest absolute Gasteiger partial charge is 0.326 e. The van der Waals surface area contributed by atoms with Crippen molar-refractivity contribution >= 4 is 29.8 Å². The molecule has 5 heteroatoms. The molecule has 1 rings (SSSR count). The molecule has 0 fully saturated rings. The van der Waals surface area contributed by atoms with Crippen LogP contribution in [0.5, 0.6) is 0 Å². The van der Waals surface area contributed by atoms with Gasteiger partial charge in [-0.05, 0) is 45.0 Å². The van der Waals surface area contributed by atoms with Gasteiger partial charge in [0.15, 0.2) is 5.78 Å². The van der Waals surface area contributed by atoms with Crippen LogP contribution in [0.2, 0.25) is 0 Å². The SMILES string of the molecule is CC(=O)Nc1ccc(C(=O)CNC(C)(C)C)cc1.Cl. The number of benzene rings is 1. The van der Waals surface area contributed by atoms with Crippen LogP contribution in [0.1, 0.15) is 38.1 Å². The van der Waals surface area contributed by atoms with Gasteiger partial charge < -0.3 is 10.6 Å². The molecule has 0 aliphatic carbocycles. The van der Waals surface area contributed by atoms with E-state index in [1.165, 1.54) is 6.92 Å². The maximum absolute atomic E-state index is 11.9. The van der Waals surface area contributed by atoms with E-state index in [9.17, 15) is 9.59 Å². The van der Waals surface area contributed by atoms with Gasteiger partial charge in [-0.2, -0.15) is 0 Å². The minimum absolute atomic E-state index is 0. The molecule has 0 radical (unpaired) electrons. The van der Waals surface area contributed by atoms with Gasteiger partial charge in [-0.3, -0.25) is 9.59 Å². The average Bonchev–Trinajstić information content (AvgIpc) is 2.25. The number of amides is 1. The first kappa shape index (κ1) is 17.6. The molecule has 0 aromatic heterocycles. The van der Waals surface area contributed by atoms with E-state index in [0.717, 1.165) is 0 Å². The van der Waals surface area contributed by atoms with Crippen molar-refractivity contribution in [3.8, 4) is 0 Å². The van der Waals surface area contributed by atoms with Crippen molar-refractivity contribution in [3.05, 3.63) is 29.8 Å². The molecule has 0 atom stereocenters. The summed E-state index contributed by atoms with van der Waals surface area (Å²) in [5.74, 6) is -0.0808. The average molecular weight is 285 g/mol. The number of carbonyl (C=O) groups is 2. The first-order chi connectivity index (χ1) is 8.28. The third kappa shape index (κ3) is 6.94. The van der Waals surface area contributed by atoms with Gasteiger partial charge in [0, 0.05) is 23.7 Å². The molecular weight excluding hydrogens is 264 g/mol. The van der Waals surface area contributed by atoms with E-state index >= 15 is 0 Å². The Labute approximate surface area is 120 Å². The van der Waals surface area contributed by atoms with Crippen LogP contribution in [0.4, 0.5) is 5.69 Å². The van der Waals surface area contributed by atoms with E-state index < -0.39 is 0 Å². The molecule has 1 amide bonds. The molecule has 0 spiro atoms. The van der Waals surface area contributed by atoms with Crippen LogP contribution in [-0.4, -0.2) is 23.8 Å². The zero-order valence-electron chi connectivity index (χ0n) is 11.7. The highest BCUT2D eigenvalue weighted by molar-refractivity contribution is 5.98. The predicted octanol–water partition coefficient (Wildman–Crippen LogP) is 2.64. The Morgan fingerprint density at radius 1 is 1.11 bits per heavy atom. The van der Waals surface area contributed by atoms with Gasteiger partial charge in [-0.1, -0.05) is 0 Å². The van der Waals surface area contributed by atoms with Crippen LogP contribution in [0.15, 0.2) is 24.3 Å². The van der Waals surface area contributed by atoms with Crippen LogP contribution in [0, 0.1) is 0 Å². The molecular formula is C14H21ClN2O2. The maximum Gasteiger partial charge on any atom is 0.221 e. The van der Waals surface area contributed by atoms with Gasteiger partial charge in [0.25, 0.3) is 0 Å². The highest BCUT2D eigenvalue weighted by Crippen LogP contribution is 2.10. The van der Waals surface area contributed by atoms with Gasteiger partial charge in [-0.15, -0.1) is 12.4 Å². The van der Waals surface area contributed by atoms with Gasteiger partial charge in [-0.25, -0.2) is 0 Å². The van der Waals surface area contributed by atoms with Crippen molar-refractivity contribution in [1.29, 1.82) is 0 Å². The minimum atomic E-state index is -0.122. The third-order valence-corrected chi connectivity index (χ3v) is 2.31. The molecule has 0 saturated heterocycles. The smallest absolute Gasteiger partial charge is 0.221 e. The second kappa shape index (κ2) is 7.26. The summed E-state index contributed by atoms with van der Waals surface area (Å²) < 4.78 is 0. The summed E-state index contributed by atoms with van der Waals surface area (Å²) in [5.41, 5.74) is 1.26. The van der Waals surface area contributed by atoms with Crippen LogP contribution >= 0.6 is 12.4 Å². The number of nitrogens with one attached hydrogen (secondary N) is 2. The molecule has 0 bridgehead atoms. The van der Waals surface area contributed by atoms with Gasteiger partial charge in [0.2, 0.25) is 5.91 Å².